The standard InChI is InChI=1S/C24H22Cl2N4OS/c1-30-20-12-11-16(25)13-18(20)21(17-9-5-6-10-19(17)26)28-22(23(30)31)29-24(32)27-14-15-7-3-2-4-8-15/h2-7,9-13,15,22H,8,14H2,1H3,(H2,27,29,32). The molecule has 1 amide bonds. The summed E-state index contributed by atoms with van der Waals surface area (Å²) in [6.45, 7) is 0.667. The first-order chi connectivity index (χ1) is 15.4. The van der Waals surface area contributed by atoms with Gasteiger partial charge in [-0.1, -0.05) is 65.7 Å². The second-order valence-corrected chi connectivity index (χ2v) is 8.83. The summed E-state index contributed by atoms with van der Waals surface area (Å²) in [4.78, 5) is 19.6. The Labute approximate surface area is 202 Å². The van der Waals surface area contributed by atoms with E-state index in [1.165, 1.54) is 0 Å². The molecule has 5 nitrogen and oxygen atoms in total. The van der Waals surface area contributed by atoms with Crippen LogP contribution in [-0.4, -0.2) is 36.5 Å². The Morgan fingerprint density at radius 3 is 2.75 bits per heavy atom. The van der Waals surface area contributed by atoms with Gasteiger partial charge in [0.15, 0.2) is 5.11 Å². The summed E-state index contributed by atoms with van der Waals surface area (Å²) in [5.74, 6) is 0.112. The third-order valence-electron chi connectivity index (χ3n) is 5.39. The summed E-state index contributed by atoms with van der Waals surface area (Å²) in [7, 11) is 1.71. The van der Waals surface area contributed by atoms with Crippen molar-refractivity contribution in [1.29, 1.82) is 0 Å². The molecule has 0 saturated heterocycles. The minimum atomic E-state index is -0.917. The van der Waals surface area contributed by atoms with Crippen molar-refractivity contribution in [2.45, 2.75) is 12.6 Å². The zero-order chi connectivity index (χ0) is 22.7. The summed E-state index contributed by atoms with van der Waals surface area (Å²) in [6, 6.07) is 12.8. The highest BCUT2D eigenvalue weighted by Gasteiger charge is 2.31. The van der Waals surface area contributed by atoms with E-state index >= 15 is 0 Å². The number of amides is 1. The molecule has 164 valence electrons. The monoisotopic (exact) mass is 484 g/mol. The van der Waals surface area contributed by atoms with E-state index in [0.29, 0.717) is 44.6 Å². The number of hydrogen-bond donors (Lipinski definition) is 2. The Bertz CT molecular complexity index is 1140. The molecule has 2 atom stereocenters. The molecule has 1 aliphatic heterocycles. The van der Waals surface area contributed by atoms with Crippen LogP contribution in [0.15, 0.2) is 71.8 Å². The number of fused-ring (bicyclic) bond motifs is 1. The number of hydrogen-bond acceptors (Lipinski definition) is 3. The number of benzene rings is 2. The Balaban J connectivity index is 1.66. The van der Waals surface area contributed by atoms with E-state index in [2.05, 4.69) is 22.8 Å². The van der Waals surface area contributed by atoms with Crippen LogP contribution in [-0.2, 0) is 4.79 Å². The molecule has 2 aromatic rings. The fraction of sp³-hybridized carbons (Fsp3) is 0.208. The van der Waals surface area contributed by atoms with Gasteiger partial charge < -0.3 is 15.5 Å². The molecule has 8 heteroatoms. The molecular weight excluding hydrogens is 463 g/mol. The highest BCUT2D eigenvalue weighted by molar-refractivity contribution is 7.80. The van der Waals surface area contributed by atoms with Gasteiger partial charge in [-0.15, -0.1) is 0 Å². The van der Waals surface area contributed by atoms with Crippen molar-refractivity contribution >= 4 is 57.8 Å². The van der Waals surface area contributed by atoms with E-state index in [4.69, 9.17) is 40.4 Å². The van der Waals surface area contributed by atoms with Crippen molar-refractivity contribution in [2.75, 3.05) is 18.5 Å². The average Bonchev–Trinajstić information content (AvgIpc) is 2.89. The maximum absolute atomic E-state index is 13.3. The van der Waals surface area contributed by atoms with Crippen LogP contribution in [0.1, 0.15) is 17.5 Å². The van der Waals surface area contributed by atoms with E-state index in [-0.39, 0.29) is 5.91 Å². The Morgan fingerprint density at radius 1 is 1.19 bits per heavy atom. The zero-order valence-corrected chi connectivity index (χ0v) is 19.7. The van der Waals surface area contributed by atoms with Gasteiger partial charge in [-0.2, -0.15) is 0 Å². The molecular formula is C24H22Cl2N4OS. The van der Waals surface area contributed by atoms with Gasteiger partial charge in [-0.05, 0) is 48.8 Å². The molecule has 32 heavy (non-hydrogen) atoms. The van der Waals surface area contributed by atoms with Gasteiger partial charge in [-0.3, -0.25) is 4.79 Å². The van der Waals surface area contributed by atoms with Crippen molar-refractivity contribution < 1.29 is 4.79 Å². The number of allylic oxidation sites excluding steroid dienone is 3. The molecule has 4 rings (SSSR count). The van der Waals surface area contributed by atoms with Crippen LogP contribution in [0, 0.1) is 5.92 Å². The smallest absolute Gasteiger partial charge is 0.272 e. The molecule has 0 saturated carbocycles. The maximum Gasteiger partial charge on any atom is 0.272 e. The van der Waals surface area contributed by atoms with E-state index in [9.17, 15) is 4.79 Å². The molecule has 2 unspecified atom stereocenters. The van der Waals surface area contributed by atoms with Crippen LogP contribution >= 0.6 is 35.4 Å². The van der Waals surface area contributed by atoms with E-state index in [1.807, 2.05) is 36.4 Å². The number of likely N-dealkylation sites (N-methyl/N-ethyl adjacent to an activating group) is 1. The fourth-order valence-electron chi connectivity index (χ4n) is 3.69. The van der Waals surface area contributed by atoms with Gasteiger partial charge in [-0.25, -0.2) is 4.99 Å². The second kappa shape index (κ2) is 9.86. The predicted molar refractivity (Wildman–Crippen MR) is 136 cm³/mol. The number of halogens is 2. The summed E-state index contributed by atoms with van der Waals surface area (Å²) in [6.07, 6.45) is 8.34. The van der Waals surface area contributed by atoms with Crippen molar-refractivity contribution in [2.24, 2.45) is 10.9 Å². The lowest BCUT2D eigenvalue weighted by Gasteiger charge is -2.22. The molecule has 0 fully saturated rings. The van der Waals surface area contributed by atoms with Gasteiger partial charge >= 0.3 is 0 Å². The molecule has 0 aromatic heterocycles. The highest BCUT2D eigenvalue weighted by Crippen LogP contribution is 2.31. The first-order valence-electron chi connectivity index (χ1n) is 10.2. The van der Waals surface area contributed by atoms with Crippen molar-refractivity contribution in [3.63, 3.8) is 0 Å². The minimum Gasteiger partial charge on any atom is -0.362 e. The summed E-state index contributed by atoms with van der Waals surface area (Å²) in [5, 5.41) is 7.71. The van der Waals surface area contributed by atoms with E-state index in [1.54, 1.807) is 30.1 Å². The van der Waals surface area contributed by atoms with Crippen LogP contribution in [0.4, 0.5) is 5.69 Å². The molecule has 1 aliphatic carbocycles. The van der Waals surface area contributed by atoms with Crippen LogP contribution < -0.4 is 15.5 Å². The van der Waals surface area contributed by atoms with E-state index < -0.39 is 6.17 Å². The Hall–Kier alpha value is -2.67. The Morgan fingerprint density at radius 2 is 2.00 bits per heavy atom. The van der Waals surface area contributed by atoms with Gasteiger partial charge in [0.25, 0.3) is 5.91 Å². The Kier molecular flexibility index (Phi) is 6.94. The van der Waals surface area contributed by atoms with Gasteiger partial charge in [0.1, 0.15) is 0 Å². The van der Waals surface area contributed by atoms with Crippen molar-refractivity contribution in [3.05, 3.63) is 87.9 Å². The molecule has 2 aromatic carbocycles. The average molecular weight is 485 g/mol. The van der Waals surface area contributed by atoms with Crippen LogP contribution in [0.5, 0.6) is 0 Å². The number of carbonyl (C=O) groups excluding carboxylic acids is 1. The number of carbonyl (C=O) groups is 1. The number of anilines is 1. The number of nitrogens with zero attached hydrogens (tertiary/aromatic N) is 2. The SMILES string of the molecule is CN1C(=O)C(NC(=S)NCC2C=CC=CC2)N=C(c2ccccc2Cl)c2cc(Cl)ccc21. The number of aliphatic imine (C=N–C) groups is 1. The number of nitrogens with one attached hydrogen (secondary N) is 2. The summed E-state index contributed by atoms with van der Waals surface area (Å²) >= 11 is 18.3. The summed E-state index contributed by atoms with van der Waals surface area (Å²) < 4.78 is 0. The molecule has 2 aliphatic rings. The molecule has 1 heterocycles. The normalized spacial score (nSPS) is 19.8. The molecule has 0 bridgehead atoms. The van der Waals surface area contributed by atoms with Crippen LogP contribution in [0.2, 0.25) is 10.0 Å². The number of thiocarbonyl (C=S) groups is 1. The highest BCUT2D eigenvalue weighted by atomic mass is 35.5. The third kappa shape index (κ3) is 4.88. The lowest BCUT2D eigenvalue weighted by molar-refractivity contribution is -0.119. The lowest BCUT2D eigenvalue weighted by atomic mass is 10.00. The molecule has 0 radical (unpaired) electrons. The van der Waals surface area contributed by atoms with Gasteiger partial charge in [0, 0.05) is 34.8 Å². The van der Waals surface area contributed by atoms with Gasteiger partial charge in [0.05, 0.1) is 11.4 Å². The predicted octanol–water partition coefficient (Wildman–Crippen LogP) is 4.73. The van der Waals surface area contributed by atoms with Gasteiger partial charge in [0.2, 0.25) is 6.17 Å². The van der Waals surface area contributed by atoms with Crippen LogP contribution in [0.25, 0.3) is 0 Å². The largest absolute Gasteiger partial charge is 0.362 e. The topological polar surface area (TPSA) is 56.7 Å². The molecule has 0 spiro atoms. The molecule has 2 N–H and O–H groups in total. The number of benzodiazepines with no additional fused rings is 1. The fourth-order valence-corrected chi connectivity index (χ4v) is 4.28. The third-order valence-corrected chi connectivity index (χ3v) is 6.22. The van der Waals surface area contributed by atoms with E-state index in [0.717, 1.165) is 12.0 Å². The quantitative estimate of drug-likeness (QED) is 0.615. The van der Waals surface area contributed by atoms with Crippen molar-refractivity contribution in [1.82, 2.24) is 10.6 Å². The first-order valence-corrected chi connectivity index (χ1v) is 11.4. The second-order valence-electron chi connectivity index (χ2n) is 7.58. The lowest BCUT2D eigenvalue weighted by Crippen LogP contribution is -2.49. The summed E-state index contributed by atoms with van der Waals surface area (Å²) in [5.41, 5.74) is 2.71. The minimum absolute atomic E-state index is 0.236. The maximum atomic E-state index is 13.3. The van der Waals surface area contributed by atoms with Crippen LogP contribution in [0.3, 0.4) is 0 Å². The van der Waals surface area contributed by atoms with Crippen molar-refractivity contribution in [3.8, 4) is 0 Å². The zero-order valence-electron chi connectivity index (χ0n) is 17.4. The number of rotatable bonds is 4. The first kappa shape index (κ1) is 22.5.